The van der Waals surface area contributed by atoms with Gasteiger partial charge in [-0.25, -0.2) is 5.06 Å². The van der Waals surface area contributed by atoms with E-state index >= 15 is 0 Å². The Morgan fingerprint density at radius 3 is 2.62 bits per heavy atom. The highest BCUT2D eigenvalue weighted by Gasteiger charge is 1.92. The molecule has 0 atom stereocenters. The van der Waals surface area contributed by atoms with Crippen molar-refractivity contribution in [1.29, 1.82) is 0 Å². The van der Waals surface area contributed by atoms with Gasteiger partial charge in [-0.3, -0.25) is 9.63 Å². The van der Waals surface area contributed by atoms with E-state index in [-0.39, 0.29) is 0 Å². The second-order valence-corrected chi connectivity index (χ2v) is 1.28. The largest absolute Gasteiger partial charge is 0.276 e. The van der Waals surface area contributed by atoms with E-state index in [9.17, 15) is 4.79 Å². The first-order valence-electron chi connectivity index (χ1n) is 2.40. The van der Waals surface area contributed by atoms with Crippen LogP contribution in [0.1, 0.15) is 6.42 Å². The SMILES string of the molecule is [CH2]CCN(C=O)OC. The van der Waals surface area contributed by atoms with Crippen LogP contribution in [0.25, 0.3) is 0 Å². The Balaban J connectivity index is 3.21. The third-order valence-corrected chi connectivity index (χ3v) is 0.731. The maximum atomic E-state index is 9.90. The number of nitrogens with zero attached hydrogens (tertiary/aromatic N) is 1. The van der Waals surface area contributed by atoms with E-state index in [0.717, 1.165) is 0 Å². The standard InChI is InChI=1S/C5H10NO2/c1-3-4-6(5-7)8-2/h5H,1,3-4H2,2H3. The van der Waals surface area contributed by atoms with Crippen LogP contribution in [0, 0.1) is 6.92 Å². The summed E-state index contributed by atoms with van der Waals surface area (Å²) in [6, 6.07) is 0. The minimum absolute atomic E-state index is 0.556. The van der Waals surface area contributed by atoms with Gasteiger partial charge in [-0.2, -0.15) is 0 Å². The molecule has 3 heteroatoms. The first-order chi connectivity index (χ1) is 3.85. The molecule has 1 radical (unpaired) electrons. The molecule has 0 aromatic rings. The first-order valence-corrected chi connectivity index (χ1v) is 2.40. The van der Waals surface area contributed by atoms with Crippen molar-refractivity contribution >= 4 is 6.41 Å². The number of hydrogen-bond acceptors (Lipinski definition) is 2. The Hall–Kier alpha value is -0.570. The molecule has 0 fully saturated rings. The fourth-order valence-electron chi connectivity index (χ4n) is 0.343. The van der Waals surface area contributed by atoms with Crippen LogP contribution in [-0.4, -0.2) is 25.1 Å². The fourth-order valence-corrected chi connectivity index (χ4v) is 0.343. The summed E-state index contributed by atoms with van der Waals surface area (Å²) in [4.78, 5) is 14.5. The molecule has 0 aliphatic heterocycles. The third kappa shape index (κ3) is 2.58. The predicted octanol–water partition coefficient (Wildman–Crippen LogP) is 0.230. The Morgan fingerprint density at radius 2 is 2.50 bits per heavy atom. The molecule has 0 aliphatic rings. The molecular formula is C5H10NO2. The van der Waals surface area contributed by atoms with Crippen LogP contribution in [-0.2, 0) is 9.63 Å². The van der Waals surface area contributed by atoms with E-state index in [1.165, 1.54) is 12.2 Å². The van der Waals surface area contributed by atoms with Crippen LogP contribution in [0.3, 0.4) is 0 Å². The Labute approximate surface area is 49.2 Å². The summed E-state index contributed by atoms with van der Waals surface area (Å²) in [5.41, 5.74) is 0. The summed E-state index contributed by atoms with van der Waals surface area (Å²) >= 11 is 0. The molecule has 47 valence electrons. The molecule has 0 aromatic carbocycles. The number of hydrogen-bond donors (Lipinski definition) is 0. The summed E-state index contributed by atoms with van der Waals surface area (Å²) in [6.07, 6.45) is 1.30. The molecule has 0 aromatic heterocycles. The number of rotatable bonds is 4. The smallest absolute Gasteiger partial charge is 0.233 e. The van der Waals surface area contributed by atoms with Crippen molar-refractivity contribution in [3.8, 4) is 0 Å². The van der Waals surface area contributed by atoms with E-state index in [0.29, 0.717) is 19.4 Å². The van der Waals surface area contributed by atoms with E-state index in [4.69, 9.17) is 0 Å². The van der Waals surface area contributed by atoms with Gasteiger partial charge in [-0.05, 0) is 6.42 Å². The van der Waals surface area contributed by atoms with Crippen LogP contribution in [0.5, 0.6) is 0 Å². The first kappa shape index (κ1) is 7.43. The average molecular weight is 116 g/mol. The van der Waals surface area contributed by atoms with Crippen molar-refractivity contribution in [3.05, 3.63) is 6.92 Å². The van der Waals surface area contributed by atoms with Gasteiger partial charge in [0.25, 0.3) is 0 Å². The second kappa shape index (κ2) is 4.59. The van der Waals surface area contributed by atoms with Crippen molar-refractivity contribution in [2.24, 2.45) is 0 Å². The van der Waals surface area contributed by atoms with Crippen LogP contribution in [0.2, 0.25) is 0 Å². The number of hydroxylamine groups is 2. The monoisotopic (exact) mass is 116 g/mol. The molecule has 8 heavy (non-hydrogen) atoms. The average Bonchev–Trinajstić information content (AvgIpc) is 1.83. The molecule has 0 spiro atoms. The number of carbonyl (C=O) groups excluding carboxylic acids is 1. The Kier molecular flexibility index (Phi) is 4.26. The van der Waals surface area contributed by atoms with Gasteiger partial charge < -0.3 is 0 Å². The molecule has 3 nitrogen and oxygen atoms in total. The van der Waals surface area contributed by atoms with Crippen LogP contribution in [0.4, 0.5) is 0 Å². The van der Waals surface area contributed by atoms with Gasteiger partial charge in [-0.1, -0.05) is 6.92 Å². The second-order valence-electron chi connectivity index (χ2n) is 1.28. The van der Waals surface area contributed by atoms with Crippen molar-refractivity contribution in [2.75, 3.05) is 13.7 Å². The lowest BCUT2D eigenvalue weighted by atomic mass is 10.5. The Morgan fingerprint density at radius 1 is 1.88 bits per heavy atom. The summed E-state index contributed by atoms with van der Waals surface area (Å²) < 4.78 is 0. The number of carbonyl (C=O) groups is 1. The molecule has 0 saturated heterocycles. The van der Waals surface area contributed by atoms with Crippen LogP contribution >= 0.6 is 0 Å². The van der Waals surface area contributed by atoms with E-state index in [2.05, 4.69) is 11.8 Å². The summed E-state index contributed by atoms with van der Waals surface area (Å²) in [5.74, 6) is 0. The minimum Gasteiger partial charge on any atom is -0.276 e. The van der Waals surface area contributed by atoms with Gasteiger partial charge >= 0.3 is 0 Å². The molecule has 0 bridgehead atoms. The highest BCUT2D eigenvalue weighted by molar-refractivity contribution is 5.44. The molecule has 0 unspecified atom stereocenters. The van der Waals surface area contributed by atoms with Crippen LogP contribution in [0.15, 0.2) is 0 Å². The Bertz CT molecular complexity index is 65.4. The van der Waals surface area contributed by atoms with Gasteiger partial charge in [0.05, 0.1) is 7.11 Å². The molecule has 0 aliphatic carbocycles. The molecule has 0 heterocycles. The van der Waals surface area contributed by atoms with Gasteiger partial charge in [0.2, 0.25) is 6.41 Å². The molecule has 0 N–H and O–H groups in total. The zero-order valence-corrected chi connectivity index (χ0v) is 4.96. The van der Waals surface area contributed by atoms with E-state index < -0.39 is 0 Å². The third-order valence-electron chi connectivity index (χ3n) is 0.731. The molecule has 0 rings (SSSR count). The molecule has 0 saturated carbocycles. The van der Waals surface area contributed by atoms with Crippen molar-refractivity contribution < 1.29 is 9.63 Å². The van der Waals surface area contributed by atoms with E-state index in [1.54, 1.807) is 0 Å². The van der Waals surface area contributed by atoms with Gasteiger partial charge in [0, 0.05) is 6.54 Å². The van der Waals surface area contributed by atoms with Gasteiger partial charge in [0.1, 0.15) is 0 Å². The summed E-state index contributed by atoms with van der Waals surface area (Å²) in [6.45, 7) is 4.10. The predicted molar refractivity (Wildman–Crippen MR) is 29.8 cm³/mol. The quantitative estimate of drug-likeness (QED) is 0.388. The topological polar surface area (TPSA) is 29.5 Å². The fraction of sp³-hybridized carbons (Fsp3) is 0.600. The lowest BCUT2D eigenvalue weighted by molar-refractivity contribution is -0.160. The van der Waals surface area contributed by atoms with Crippen LogP contribution < -0.4 is 0 Å². The maximum absolute atomic E-state index is 9.90. The van der Waals surface area contributed by atoms with Crippen molar-refractivity contribution in [2.45, 2.75) is 6.42 Å². The maximum Gasteiger partial charge on any atom is 0.233 e. The highest BCUT2D eigenvalue weighted by Crippen LogP contribution is 1.83. The van der Waals surface area contributed by atoms with E-state index in [1.807, 2.05) is 0 Å². The van der Waals surface area contributed by atoms with Gasteiger partial charge in [0.15, 0.2) is 0 Å². The molecular weight excluding hydrogens is 106 g/mol. The summed E-state index contributed by atoms with van der Waals surface area (Å²) in [7, 11) is 1.45. The number of amides is 1. The van der Waals surface area contributed by atoms with Crippen molar-refractivity contribution in [3.63, 3.8) is 0 Å². The van der Waals surface area contributed by atoms with Crippen molar-refractivity contribution in [1.82, 2.24) is 5.06 Å². The lowest BCUT2D eigenvalue weighted by Crippen LogP contribution is -2.20. The zero-order valence-electron chi connectivity index (χ0n) is 4.96. The zero-order chi connectivity index (χ0) is 6.41. The lowest BCUT2D eigenvalue weighted by Gasteiger charge is -2.10. The normalized spacial score (nSPS) is 8.75. The summed E-state index contributed by atoms with van der Waals surface area (Å²) in [5, 5.41) is 1.19. The molecule has 1 amide bonds. The van der Waals surface area contributed by atoms with Gasteiger partial charge in [-0.15, -0.1) is 0 Å². The minimum atomic E-state index is 0.556. The highest BCUT2D eigenvalue weighted by atomic mass is 16.7.